The molecule has 0 aliphatic heterocycles. The van der Waals surface area contributed by atoms with Crippen LogP contribution in [0.2, 0.25) is 0 Å². The minimum absolute atomic E-state index is 0.196. The van der Waals surface area contributed by atoms with Gasteiger partial charge in [-0.15, -0.1) is 0 Å². The molecule has 4 heteroatoms. The molecule has 2 radical (unpaired) electrons. The Bertz CT molecular complexity index is 93.6. The van der Waals surface area contributed by atoms with Gasteiger partial charge < -0.3 is 4.65 Å². The Morgan fingerprint density at radius 2 is 1.54 bits per heavy atom. The summed E-state index contributed by atoms with van der Waals surface area (Å²) in [6.07, 6.45) is 4.46. The number of hydrogen-bond acceptors (Lipinski definition) is 3. The predicted molar refractivity (Wildman–Crippen MR) is 56.4 cm³/mol. The molecule has 0 saturated heterocycles. The number of rotatable bonds is 9. The molecule has 0 amide bonds. The summed E-state index contributed by atoms with van der Waals surface area (Å²) < 4.78 is 4.72. The Kier molecular flexibility index (Phi) is 9.99. The van der Waals surface area contributed by atoms with Crippen LogP contribution in [0.15, 0.2) is 0 Å². The second kappa shape index (κ2) is 10.0. The zero-order chi connectivity index (χ0) is 9.94. The van der Waals surface area contributed by atoms with Crippen LogP contribution in [0.3, 0.4) is 0 Å². The van der Waals surface area contributed by atoms with Gasteiger partial charge in [0.05, 0.1) is 0 Å². The van der Waals surface area contributed by atoms with E-state index in [0.29, 0.717) is 0 Å². The quantitative estimate of drug-likeness (QED) is 0.320. The van der Waals surface area contributed by atoms with Gasteiger partial charge in [-0.05, 0) is 25.9 Å². The monoisotopic (exact) mass is 184 g/mol. The first-order valence-electron chi connectivity index (χ1n) is 5.17. The summed E-state index contributed by atoms with van der Waals surface area (Å²) in [5, 5.41) is 6.34. The summed E-state index contributed by atoms with van der Waals surface area (Å²) in [7, 11) is 5.11. The molecule has 0 spiro atoms. The second-order valence-electron chi connectivity index (χ2n) is 3.13. The van der Waals surface area contributed by atoms with Crippen molar-refractivity contribution in [2.24, 2.45) is 0 Å². The van der Waals surface area contributed by atoms with Gasteiger partial charge in [-0.3, -0.25) is 10.6 Å². The molecule has 76 valence electrons. The minimum atomic E-state index is -0.196. The van der Waals surface area contributed by atoms with Crippen LogP contribution in [-0.2, 0) is 4.65 Å². The van der Waals surface area contributed by atoms with Gasteiger partial charge in [-0.25, -0.2) is 0 Å². The van der Waals surface area contributed by atoms with E-state index in [1.807, 2.05) is 0 Å². The highest BCUT2D eigenvalue weighted by atomic mass is 16.5. The first-order valence-corrected chi connectivity index (χ1v) is 5.17. The lowest BCUT2D eigenvalue weighted by molar-refractivity contribution is 0.140. The van der Waals surface area contributed by atoms with Crippen LogP contribution in [0.25, 0.3) is 0 Å². The summed E-state index contributed by atoms with van der Waals surface area (Å²) in [5.74, 6) is 0. The van der Waals surface area contributed by atoms with Gasteiger partial charge in [-0.1, -0.05) is 26.7 Å². The van der Waals surface area contributed by atoms with Crippen LogP contribution in [0, 0.1) is 0 Å². The van der Waals surface area contributed by atoms with Crippen molar-refractivity contribution in [3.8, 4) is 0 Å². The van der Waals surface area contributed by atoms with Crippen molar-refractivity contribution >= 4 is 8.05 Å². The minimum Gasteiger partial charge on any atom is -0.422 e. The zero-order valence-electron chi connectivity index (χ0n) is 8.81. The lowest BCUT2D eigenvalue weighted by Gasteiger charge is -2.18. The van der Waals surface area contributed by atoms with E-state index in [1.165, 1.54) is 12.8 Å². The summed E-state index contributed by atoms with van der Waals surface area (Å²) in [4.78, 5) is 0. The molecule has 0 fully saturated rings. The standard InChI is InChI=1S/C9H21BN2O/c1-3-5-7-11-9(13-10)12-8-6-4-2/h9,11-12H,3-8H2,1-2H3. The molecule has 0 rings (SSSR count). The summed E-state index contributed by atoms with van der Waals surface area (Å²) in [6, 6.07) is 0. The Morgan fingerprint density at radius 3 is 1.85 bits per heavy atom. The molecule has 0 aromatic carbocycles. The van der Waals surface area contributed by atoms with E-state index >= 15 is 0 Å². The molecule has 0 aliphatic rings. The average molecular weight is 184 g/mol. The van der Waals surface area contributed by atoms with Crippen molar-refractivity contribution in [1.29, 1.82) is 0 Å². The molecule has 0 aliphatic carbocycles. The van der Waals surface area contributed by atoms with Crippen molar-refractivity contribution in [3.63, 3.8) is 0 Å². The third-order valence-electron chi connectivity index (χ3n) is 1.86. The maximum atomic E-state index is 5.11. The lowest BCUT2D eigenvalue weighted by atomic mass is 10.3. The molecular weight excluding hydrogens is 163 g/mol. The number of nitrogens with one attached hydrogen (secondary N) is 2. The van der Waals surface area contributed by atoms with Gasteiger partial charge in [0.2, 0.25) is 0 Å². The highest BCUT2D eigenvalue weighted by Crippen LogP contribution is 1.87. The van der Waals surface area contributed by atoms with E-state index in [-0.39, 0.29) is 6.35 Å². The number of unbranched alkanes of at least 4 members (excludes halogenated alkanes) is 2. The average Bonchev–Trinajstić information content (AvgIpc) is 2.16. The molecule has 0 atom stereocenters. The Labute approximate surface area is 83.1 Å². The van der Waals surface area contributed by atoms with E-state index in [9.17, 15) is 0 Å². The molecule has 13 heavy (non-hydrogen) atoms. The van der Waals surface area contributed by atoms with E-state index in [1.54, 1.807) is 0 Å². The van der Waals surface area contributed by atoms with E-state index < -0.39 is 0 Å². The van der Waals surface area contributed by atoms with Crippen LogP contribution in [-0.4, -0.2) is 27.5 Å². The molecular formula is C9H21BN2O. The van der Waals surface area contributed by atoms with Crippen molar-refractivity contribution in [2.75, 3.05) is 13.1 Å². The molecule has 3 nitrogen and oxygen atoms in total. The molecule has 0 aromatic heterocycles. The Morgan fingerprint density at radius 1 is 1.08 bits per heavy atom. The highest BCUT2D eigenvalue weighted by Gasteiger charge is 2.01. The lowest BCUT2D eigenvalue weighted by Crippen LogP contribution is -2.44. The zero-order valence-corrected chi connectivity index (χ0v) is 8.81. The van der Waals surface area contributed by atoms with E-state index in [0.717, 1.165) is 25.9 Å². The predicted octanol–water partition coefficient (Wildman–Crippen LogP) is 1.15. The molecule has 0 aromatic rings. The van der Waals surface area contributed by atoms with Gasteiger partial charge >= 0.3 is 0 Å². The van der Waals surface area contributed by atoms with Crippen LogP contribution in [0.1, 0.15) is 39.5 Å². The maximum absolute atomic E-state index is 5.11. The van der Waals surface area contributed by atoms with Crippen LogP contribution >= 0.6 is 0 Å². The van der Waals surface area contributed by atoms with Gasteiger partial charge in [0.1, 0.15) is 6.35 Å². The van der Waals surface area contributed by atoms with Gasteiger partial charge in [0.15, 0.2) is 0 Å². The highest BCUT2D eigenvalue weighted by molar-refractivity contribution is 5.98. The van der Waals surface area contributed by atoms with Crippen LogP contribution in [0.5, 0.6) is 0 Å². The Balaban J connectivity index is 3.28. The van der Waals surface area contributed by atoms with E-state index in [2.05, 4.69) is 24.5 Å². The van der Waals surface area contributed by atoms with Crippen LogP contribution in [0.4, 0.5) is 0 Å². The summed E-state index contributed by atoms with van der Waals surface area (Å²) in [5.41, 5.74) is 0. The van der Waals surface area contributed by atoms with Crippen molar-refractivity contribution in [3.05, 3.63) is 0 Å². The van der Waals surface area contributed by atoms with Gasteiger partial charge in [0.25, 0.3) is 8.05 Å². The summed E-state index contributed by atoms with van der Waals surface area (Å²) in [6.45, 7) is 6.20. The molecule has 0 heterocycles. The molecule has 0 saturated carbocycles. The normalized spacial score (nSPS) is 11.0. The fourth-order valence-corrected chi connectivity index (χ4v) is 0.988. The van der Waals surface area contributed by atoms with E-state index in [4.69, 9.17) is 12.7 Å². The molecule has 0 unspecified atom stereocenters. The summed E-state index contributed by atoms with van der Waals surface area (Å²) >= 11 is 0. The number of hydrogen-bond donors (Lipinski definition) is 2. The Hall–Kier alpha value is -0.0551. The molecule has 0 bridgehead atoms. The van der Waals surface area contributed by atoms with Crippen molar-refractivity contribution in [2.45, 2.75) is 45.9 Å². The van der Waals surface area contributed by atoms with Gasteiger partial charge in [0, 0.05) is 0 Å². The smallest absolute Gasteiger partial charge is 0.286 e. The SMILES string of the molecule is [B]OC(NCCCC)NCCCC. The fraction of sp³-hybridized carbons (Fsp3) is 1.00. The maximum Gasteiger partial charge on any atom is 0.286 e. The molecule has 2 N–H and O–H groups in total. The third kappa shape index (κ3) is 8.28. The third-order valence-corrected chi connectivity index (χ3v) is 1.86. The van der Waals surface area contributed by atoms with Crippen molar-refractivity contribution in [1.82, 2.24) is 10.6 Å². The largest absolute Gasteiger partial charge is 0.422 e. The second-order valence-corrected chi connectivity index (χ2v) is 3.13. The first-order chi connectivity index (χ1) is 6.35. The topological polar surface area (TPSA) is 33.3 Å². The van der Waals surface area contributed by atoms with Gasteiger partial charge in [-0.2, -0.15) is 0 Å². The fourth-order valence-electron chi connectivity index (χ4n) is 0.988. The van der Waals surface area contributed by atoms with Crippen LogP contribution < -0.4 is 10.6 Å². The first kappa shape index (κ1) is 12.9. The van der Waals surface area contributed by atoms with Crippen molar-refractivity contribution < 1.29 is 4.65 Å².